The summed E-state index contributed by atoms with van der Waals surface area (Å²) in [5.41, 5.74) is 0. The standard InChI is InChI=1S/C8H18N2O2S2/c1-3-5-6-9-8(13)10-14(11,12)7-4-2/h3-7H2,1-2H3,(H2,9,10,13). The molecule has 0 aliphatic heterocycles. The zero-order valence-corrected chi connectivity index (χ0v) is 10.3. The lowest BCUT2D eigenvalue weighted by molar-refractivity contribution is 0.590. The van der Waals surface area contributed by atoms with Crippen molar-refractivity contribution in [2.45, 2.75) is 33.1 Å². The minimum absolute atomic E-state index is 0.114. The summed E-state index contributed by atoms with van der Waals surface area (Å²) >= 11 is 4.83. The first-order valence-electron chi connectivity index (χ1n) is 4.80. The van der Waals surface area contributed by atoms with Crippen molar-refractivity contribution in [3.63, 3.8) is 0 Å². The lowest BCUT2D eigenvalue weighted by Gasteiger charge is -2.09. The second-order valence-corrected chi connectivity index (χ2v) is 5.28. The number of unbranched alkanes of at least 4 members (excludes halogenated alkanes) is 1. The van der Waals surface area contributed by atoms with Crippen molar-refractivity contribution in [1.29, 1.82) is 0 Å². The molecule has 14 heavy (non-hydrogen) atoms. The SMILES string of the molecule is CCCCNC(=S)NS(=O)(=O)CCC. The van der Waals surface area contributed by atoms with Gasteiger partial charge in [-0.15, -0.1) is 0 Å². The van der Waals surface area contributed by atoms with Crippen LogP contribution in [-0.2, 0) is 10.0 Å². The zero-order chi connectivity index (χ0) is 11.0. The van der Waals surface area contributed by atoms with Crippen LogP contribution < -0.4 is 10.0 Å². The molecule has 0 saturated carbocycles. The predicted molar refractivity (Wildman–Crippen MR) is 62.7 cm³/mol. The third kappa shape index (κ3) is 7.08. The van der Waals surface area contributed by atoms with Crippen molar-refractivity contribution in [3.05, 3.63) is 0 Å². The van der Waals surface area contributed by atoms with Crippen LogP contribution in [0.25, 0.3) is 0 Å². The van der Waals surface area contributed by atoms with E-state index in [0.717, 1.165) is 12.8 Å². The van der Waals surface area contributed by atoms with Gasteiger partial charge >= 0.3 is 0 Å². The van der Waals surface area contributed by atoms with E-state index in [1.54, 1.807) is 0 Å². The fourth-order valence-electron chi connectivity index (χ4n) is 0.876. The van der Waals surface area contributed by atoms with E-state index in [1.165, 1.54) is 0 Å². The molecule has 0 aromatic rings. The fraction of sp³-hybridized carbons (Fsp3) is 0.875. The predicted octanol–water partition coefficient (Wildman–Crippen LogP) is 0.990. The lowest BCUT2D eigenvalue weighted by Crippen LogP contribution is -2.40. The first-order valence-corrected chi connectivity index (χ1v) is 6.86. The van der Waals surface area contributed by atoms with Gasteiger partial charge in [-0.25, -0.2) is 8.42 Å². The van der Waals surface area contributed by atoms with Crippen LogP contribution in [0.1, 0.15) is 33.1 Å². The van der Waals surface area contributed by atoms with Crippen molar-refractivity contribution in [1.82, 2.24) is 10.0 Å². The highest BCUT2D eigenvalue weighted by Gasteiger charge is 2.09. The summed E-state index contributed by atoms with van der Waals surface area (Å²) < 4.78 is 24.8. The van der Waals surface area contributed by atoms with E-state index in [1.807, 2.05) is 6.92 Å². The molecular weight excluding hydrogens is 220 g/mol. The van der Waals surface area contributed by atoms with Gasteiger partial charge in [0.05, 0.1) is 5.75 Å². The topological polar surface area (TPSA) is 58.2 Å². The Labute approximate surface area is 91.5 Å². The number of rotatable bonds is 6. The van der Waals surface area contributed by atoms with E-state index in [2.05, 4.69) is 17.0 Å². The molecule has 84 valence electrons. The smallest absolute Gasteiger partial charge is 0.234 e. The van der Waals surface area contributed by atoms with E-state index in [9.17, 15) is 8.42 Å². The van der Waals surface area contributed by atoms with E-state index in [-0.39, 0.29) is 10.9 Å². The van der Waals surface area contributed by atoms with Gasteiger partial charge in [0.15, 0.2) is 5.11 Å². The van der Waals surface area contributed by atoms with Crippen LogP contribution in [0.2, 0.25) is 0 Å². The van der Waals surface area contributed by atoms with Crippen molar-refractivity contribution >= 4 is 27.4 Å². The molecular formula is C8H18N2O2S2. The minimum atomic E-state index is -3.22. The molecule has 0 atom stereocenters. The minimum Gasteiger partial charge on any atom is -0.362 e. The highest BCUT2D eigenvalue weighted by Crippen LogP contribution is 1.88. The second kappa shape index (κ2) is 7.00. The van der Waals surface area contributed by atoms with Crippen LogP contribution in [0, 0.1) is 0 Å². The molecule has 0 saturated heterocycles. The van der Waals surface area contributed by atoms with Gasteiger partial charge in [-0.3, -0.25) is 4.72 Å². The fourth-order valence-corrected chi connectivity index (χ4v) is 2.35. The van der Waals surface area contributed by atoms with Crippen molar-refractivity contribution in [2.24, 2.45) is 0 Å². The molecule has 0 aliphatic rings. The Balaban J connectivity index is 3.82. The number of sulfonamides is 1. The van der Waals surface area contributed by atoms with Crippen molar-refractivity contribution in [3.8, 4) is 0 Å². The Bertz CT molecular complexity index is 263. The summed E-state index contributed by atoms with van der Waals surface area (Å²) in [6.45, 7) is 4.59. The molecule has 0 heterocycles. The summed E-state index contributed by atoms with van der Waals surface area (Å²) in [4.78, 5) is 0. The van der Waals surface area contributed by atoms with Gasteiger partial charge in [0.2, 0.25) is 10.0 Å². The van der Waals surface area contributed by atoms with Crippen LogP contribution >= 0.6 is 12.2 Å². The first-order chi connectivity index (χ1) is 6.52. The van der Waals surface area contributed by atoms with E-state index >= 15 is 0 Å². The monoisotopic (exact) mass is 238 g/mol. The summed E-state index contributed by atoms with van der Waals surface area (Å²) in [6.07, 6.45) is 2.62. The van der Waals surface area contributed by atoms with Crippen LogP contribution in [0.5, 0.6) is 0 Å². The average molecular weight is 238 g/mol. The molecule has 0 rings (SSSR count). The van der Waals surface area contributed by atoms with Crippen molar-refractivity contribution in [2.75, 3.05) is 12.3 Å². The van der Waals surface area contributed by atoms with Gasteiger partial charge in [-0.2, -0.15) is 0 Å². The molecule has 0 aliphatic carbocycles. The van der Waals surface area contributed by atoms with Crippen LogP contribution in [-0.4, -0.2) is 25.8 Å². The van der Waals surface area contributed by atoms with Crippen LogP contribution in [0.4, 0.5) is 0 Å². The summed E-state index contributed by atoms with van der Waals surface area (Å²) in [5.74, 6) is 0.114. The molecule has 0 aromatic carbocycles. The largest absolute Gasteiger partial charge is 0.362 e. The summed E-state index contributed by atoms with van der Waals surface area (Å²) in [7, 11) is -3.22. The van der Waals surface area contributed by atoms with Gasteiger partial charge in [0, 0.05) is 6.54 Å². The highest BCUT2D eigenvalue weighted by atomic mass is 32.2. The summed E-state index contributed by atoms with van der Waals surface area (Å²) in [6, 6.07) is 0. The van der Waals surface area contributed by atoms with Gasteiger partial charge < -0.3 is 5.32 Å². The maximum absolute atomic E-state index is 11.2. The Kier molecular flexibility index (Phi) is 6.82. The molecule has 0 fully saturated rings. The molecule has 0 spiro atoms. The third-order valence-corrected chi connectivity index (χ3v) is 3.37. The average Bonchev–Trinajstić information content (AvgIpc) is 2.03. The van der Waals surface area contributed by atoms with Crippen molar-refractivity contribution < 1.29 is 8.42 Å². The molecule has 0 amide bonds. The third-order valence-electron chi connectivity index (χ3n) is 1.54. The summed E-state index contributed by atoms with van der Waals surface area (Å²) in [5, 5.41) is 3.04. The van der Waals surface area contributed by atoms with Gasteiger partial charge in [0.25, 0.3) is 0 Å². The molecule has 0 bridgehead atoms. The molecule has 0 aromatic heterocycles. The number of nitrogens with one attached hydrogen (secondary N) is 2. The Morgan fingerprint density at radius 1 is 1.29 bits per heavy atom. The second-order valence-electron chi connectivity index (χ2n) is 3.03. The molecule has 2 N–H and O–H groups in total. The van der Waals surface area contributed by atoms with E-state index < -0.39 is 10.0 Å². The first kappa shape index (κ1) is 13.6. The normalized spacial score (nSPS) is 11.0. The lowest BCUT2D eigenvalue weighted by atomic mass is 10.3. The zero-order valence-electron chi connectivity index (χ0n) is 8.67. The molecule has 0 unspecified atom stereocenters. The van der Waals surface area contributed by atoms with E-state index in [4.69, 9.17) is 12.2 Å². The number of hydrogen-bond acceptors (Lipinski definition) is 3. The Morgan fingerprint density at radius 2 is 1.93 bits per heavy atom. The molecule has 4 nitrogen and oxygen atoms in total. The highest BCUT2D eigenvalue weighted by molar-refractivity contribution is 7.91. The number of hydrogen-bond donors (Lipinski definition) is 2. The van der Waals surface area contributed by atoms with Crippen LogP contribution in [0.15, 0.2) is 0 Å². The van der Waals surface area contributed by atoms with Crippen LogP contribution in [0.3, 0.4) is 0 Å². The maximum Gasteiger partial charge on any atom is 0.234 e. The molecule has 6 heteroatoms. The molecule has 0 radical (unpaired) electrons. The van der Waals surface area contributed by atoms with Gasteiger partial charge in [0.1, 0.15) is 0 Å². The van der Waals surface area contributed by atoms with E-state index in [0.29, 0.717) is 13.0 Å². The van der Waals surface area contributed by atoms with Gasteiger partial charge in [-0.1, -0.05) is 20.3 Å². The Morgan fingerprint density at radius 3 is 2.43 bits per heavy atom. The quantitative estimate of drug-likeness (QED) is 0.535. The number of thiocarbonyl (C=S) groups is 1. The van der Waals surface area contributed by atoms with Gasteiger partial charge in [-0.05, 0) is 25.1 Å². The maximum atomic E-state index is 11.2. The Hall–Kier alpha value is -0.360.